The Bertz CT molecular complexity index is 527. The zero-order valence-electron chi connectivity index (χ0n) is 10.1. The van der Waals surface area contributed by atoms with E-state index in [1.165, 1.54) is 11.1 Å². The van der Waals surface area contributed by atoms with Crippen LogP contribution in [0.3, 0.4) is 0 Å². The molecule has 0 saturated carbocycles. The molecule has 0 aliphatic rings. The molecule has 0 saturated heterocycles. The van der Waals surface area contributed by atoms with Crippen molar-refractivity contribution in [2.45, 2.75) is 20.4 Å². The van der Waals surface area contributed by atoms with E-state index in [0.29, 0.717) is 12.3 Å². The second kappa shape index (κ2) is 4.45. The van der Waals surface area contributed by atoms with Crippen LogP contribution in [0.1, 0.15) is 27.8 Å². The fraction of sp³-hybridized carbons (Fsp3) is 0.333. The summed E-state index contributed by atoms with van der Waals surface area (Å²) in [5.41, 5.74) is 1.02. The quantitative estimate of drug-likeness (QED) is 0.816. The van der Waals surface area contributed by atoms with Crippen LogP contribution in [0.15, 0.2) is 27.4 Å². The molecule has 0 N–H and O–H groups in total. The molecule has 0 aromatic carbocycles. The highest BCUT2D eigenvalue weighted by Gasteiger charge is 2.18. The van der Waals surface area contributed by atoms with Crippen molar-refractivity contribution >= 4 is 5.91 Å². The van der Waals surface area contributed by atoms with Gasteiger partial charge in [-0.3, -0.25) is 4.79 Å². The summed E-state index contributed by atoms with van der Waals surface area (Å²) in [4.78, 5) is 17.3. The fourth-order valence-corrected chi connectivity index (χ4v) is 1.47. The van der Waals surface area contributed by atoms with Crippen LogP contribution in [-0.4, -0.2) is 22.8 Å². The summed E-state index contributed by atoms with van der Waals surface area (Å²) >= 11 is 0. The van der Waals surface area contributed by atoms with E-state index in [0.717, 1.165) is 11.3 Å². The van der Waals surface area contributed by atoms with E-state index in [4.69, 9.17) is 8.83 Å². The van der Waals surface area contributed by atoms with Gasteiger partial charge in [-0.25, -0.2) is 4.98 Å². The molecule has 2 aromatic rings. The number of furan rings is 1. The third kappa shape index (κ3) is 2.38. The largest absolute Gasteiger partial charge is 0.467 e. The van der Waals surface area contributed by atoms with Crippen molar-refractivity contribution in [3.05, 3.63) is 41.5 Å². The van der Waals surface area contributed by atoms with Gasteiger partial charge in [-0.2, -0.15) is 0 Å². The van der Waals surface area contributed by atoms with Gasteiger partial charge in [0.2, 0.25) is 0 Å². The smallest absolute Gasteiger partial charge is 0.309 e. The maximum Gasteiger partial charge on any atom is 0.309 e. The Morgan fingerprint density at radius 2 is 2.24 bits per heavy atom. The second-order valence-corrected chi connectivity index (χ2v) is 3.96. The van der Waals surface area contributed by atoms with E-state index in [2.05, 4.69) is 4.98 Å². The van der Waals surface area contributed by atoms with Crippen LogP contribution >= 0.6 is 0 Å². The lowest BCUT2D eigenvalue weighted by Crippen LogP contribution is -2.26. The van der Waals surface area contributed by atoms with Crippen LogP contribution in [0.25, 0.3) is 0 Å². The zero-order chi connectivity index (χ0) is 12.4. The summed E-state index contributed by atoms with van der Waals surface area (Å²) in [6.07, 6.45) is 3.14. The number of carbonyl (C=O) groups is 1. The molecule has 2 heterocycles. The van der Waals surface area contributed by atoms with Crippen molar-refractivity contribution in [1.82, 2.24) is 9.88 Å². The number of aromatic nitrogens is 1. The summed E-state index contributed by atoms with van der Waals surface area (Å²) in [5.74, 6) is 1.24. The molecule has 0 unspecified atom stereocenters. The van der Waals surface area contributed by atoms with Crippen molar-refractivity contribution in [3.8, 4) is 0 Å². The van der Waals surface area contributed by atoms with E-state index < -0.39 is 0 Å². The van der Waals surface area contributed by atoms with Crippen LogP contribution in [0.4, 0.5) is 0 Å². The molecule has 0 atom stereocenters. The normalized spacial score (nSPS) is 10.5. The molecule has 5 nitrogen and oxygen atoms in total. The Balaban J connectivity index is 2.08. The summed E-state index contributed by atoms with van der Waals surface area (Å²) in [6.45, 7) is 4.09. The van der Waals surface area contributed by atoms with E-state index in [9.17, 15) is 4.79 Å². The van der Waals surface area contributed by atoms with Gasteiger partial charge in [0.15, 0.2) is 0 Å². The van der Waals surface area contributed by atoms with Crippen LogP contribution in [0, 0.1) is 13.8 Å². The first-order valence-corrected chi connectivity index (χ1v) is 5.29. The lowest BCUT2D eigenvalue weighted by molar-refractivity contribution is 0.0734. The van der Waals surface area contributed by atoms with Crippen LogP contribution in [-0.2, 0) is 6.54 Å². The summed E-state index contributed by atoms with van der Waals surface area (Å²) < 4.78 is 10.5. The monoisotopic (exact) mass is 234 g/mol. The van der Waals surface area contributed by atoms with Gasteiger partial charge in [0, 0.05) is 7.05 Å². The van der Waals surface area contributed by atoms with Crippen molar-refractivity contribution in [1.29, 1.82) is 0 Å². The Kier molecular flexibility index (Phi) is 2.99. The molecule has 5 heteroatoms. The van der Waals surface area contributed by atoms with E-state index in [1.54, 1.807) is 20.2 Å². The van der Waals surface area contributed by atoms with E-state index in [-0.39, 0.29) is 11.8 Å². The molecule has 0 aliphatic carbocycles. The molecule has 1 amide bonds. The van der Waals surface area contributed by atoms with Crippen LogP contribution < -0.4 is 0 Å². The second-order valence-electron chi connectivity index (χ2n) is 3.96. The molecule has 0 spiro atoms. The molecule has 0 aliphatic heterocycles. The van der Waals surface area contributed by atoms with Gasteiger partial charge in [-0.1, -0.05) is 0 Å². The molecule has 90 valence electrons. The maximum atomic E-state index is 11.9. The average molecular weight is 234 g/mol. The van der Waals surface area contributed by atoms with Crippen molar-refractivity contribution < 1.29 is 13.6 Å². The number of rotatable bonds is 3. The van der Waals surface area contributed by atoms with Crippen molar-refractivity contribution in [2.75, 3.05) is 7.05 Å². The number of carbonyl (C=O) groups excluding carboxylic acids is 1. The molecule has 2 aromatic heterocycles. The number of nitrogens with zero attached hydrogens (tertiary/aromatic N) is 2. The summed E-state index contributed by atoms with van der Waals surface area (Å²) in [5, 5.41) is 0. The molecular weight excluding hydrogens is 220 g/mol. The number of oxazole rings is 1. The van der Waals surface area contributed by atoms with Gasteiger partial charge < -0.3 is 13.7 Å². The lowest BCUT2D eigenvalue weighted by atomic mass is 10.2. The molecule has 0 bridgehead atoms. The minimum Gasteiger partial charge on any atom is -0.467 e. The highest BCUT2D eigenvalue weighted by molar-refractivity contribution is 5.89. The molecule has 0 fully saturated rings. The Morgan fingerprint density at radius 1 is 1.47 bits per heavy atom. The first kappa shape index (κ1) is 11.4. The molecule has 0 radical (unpaired) electrons. The van der Waals surface area contributed by atoms with Gasteiger partial charge in [0.1, 0.15) is 11.5 Å². The van der Waals surface area contributed by atoms with Crippen LogP contribution in [0.2, 0.25) is 0 Å². The standard InChI is InChI=1S/C12H14N2O3/c1-8-4-5-16-10(8)7-14(3)12(15)11-13-6-9(2)17-11/h4-6H,7H2,1-3H3. The van der Waals surface area contributed by atoms with Gasteiger partial charge in [0.05, 0.1) is 19.0 Å². The predicted molar refractivity (Wildman–Crippen MR) is 60.5 cm³/mol. The van der Waals surface area contributed by atoms with Gasteiger partial charge in [-0.05, 0) is 25.5 Å². The first-order valence-electron chi connectivity index (χ1n) is 5.29. The first-order chi connectivity index (χ1) is 8.08. The topological polar surface area (TPSA) is 59.5 Å². The highest BCUT2D eigenvalue weighted by atomic mass is 16.4. The zero-order valence-corrected chi connectivity index (χ0v) is 10.1. The fourth-order valence-electron chi connectivity index (χ4n) is 1.47. The highest BCUT2D eigenvalue weighted by Crippen LogP contribution is 2.13. The van der Waals surface area contributed by atoms with Gasteiger partial charge >= 0.3 is 5.91 Å². The van der Waals surface area contributed by atoms with Crippen LogP contribution in [0.5, 0.6) is 0 Å². The van der Waals surface area contributed by atoms with Gasteiger partial charge in [-0.15, -0.1) is 0 Å². The van der Waals surface area contributed by atoms with E-state index in [1.807, 2.05) is 13.0 Å². The SMILES string of the molecule is Cc1cnc(C(=O)N(C)Cc2occc2C)o1. The lowest BCUT2D eigenvalue weighted by Gasteiger charge is -2.13. The Hall–Kier alpha value is -2.04. The molecule has 2 rings (SSSR count). The molecule has 17 heavy (non-hydrogen) atoms. The van der Waals surface area contributed by atoms with E-state index >= 15 is 0 Å². The number of hydrogen-bond donors (Lipinski definition) is 0. The number of hydrogen-bond acceptors (Lipinski definition) is 4. The summed E-state index contributed by atoms with van der Waals surface area (Å²) in [6, 6.07) is 1.86. The minimum absolute atomic E-state index is 0.106. The van der Waals surface area contributed by atoms with Crippen molar-refractivity contribution in [2.24, 2.45) is 0 Å². The number of aryl methyl sites for hydroxylation is 2. The number of amides is 1. The van der Waals surface area contributed by atoms with Crippen molar-refractivity contribution in [3.63, 3.8) is 0 Å². The average Bonchev–Trinajstić information content (AvgIpc) is 2.88. The van der Waals surface area contributed by atoms with Gasteiger partial charge in [0.25, 0.3) is 5.89 Å². The predicted octanol–water partition coefficient (Wildman–Crippen LogP) is 2.16. The minimum atomic E-state index is -0.256. The Labute approximate surface area is 99.0 Å². The third-order valence-corrected chi connectivity index (χ3v) is 2.50. The molecular formula is C12H14N2O3. The Morgan fingerprint density at radius 3 is 2.76 bits per heavy atom. The maximum absolute atomic E-state index is 11.9. The summed E-state index contributed by atoms with van der Waals surface area (Å²) in [7, 11) is 1.68. The third-order valence-electron chi connectivity index (χ3n) is 2.50.